The Morgan fingerprint density at radius 3 is 2.96 bits per heavy atom. The van der Waals surface area contributed by atoms with Crippen molar-refractivity contribution in [3.8, 4) is 11.5 Å². The monoisotopic (exact) mass is 351 g/mol. The van der Waals surface area contributed by atoms with E-state index in [4.69, 9.17) is 9.47 Å². The molecular formula is C20H21N3O3. The fourth-order valence-corrected chi connectivity index (χ4v) is 4.37. The Bertz CT molecular complexity index is 841. The zero-order chi connectivity index (χ0) is 17.6. The molecule has 4 heterocycles. The first-order valence-corrected chi connectivity index (χ1v) is 9.02. The molecule has 5 rings (SSSR count). The van der Waals surface area contributed by atoms with E-state index < -0.39 is 0 Å². The van der Waals surface area contributed by atoms with Gasteiger partial charge in [-0.1, -0.05) is 6.07 Å². The maximum atomic E-state index is 12.7. The Labute approximate surface area is 152 Å². The molecule has 6 nitrogen and oxygen atoms in total. The van der Waals surface area contributed by atoms with Gasteiger partial charge in [0.25, 0.3) is 0 Å². The number of carbonyl (C=O) groups is 1. The number of rotatable bonds is 3. The number of anilines is 1. The van der Waals surface area contributed by atoms with Gasteiger partial charge >= 0.3 is 0 Å². The minimum Gasteiger partial charge on any atom is -0.454 e. The van der Waals surface area contributed by atoms with E-state index in [2.05, 4.69) is 16.0 Å². The average Bonchev–Trinajstić information content (AvgIpc) is 3.34. The second-order valence-corrected chi connectivity index (χ2v) is 7.52. The van der Waals surface area contributed by atoms with Gasteiger partial charge < -0.3 is 14.4 Å². The van der Waals surface area contributed by atoms with Gasteiger partial charge in [-0.3, -0.25) is 14.7 Å². The topological polar surface area (TPSA) is 54.9 Å². The van der Waals surface area contributed by atoms with Crippen molar-refractivity contribution in [2.75, 3.05) is 31.3 Å². The minimum atomic E-state index is 0.0513. The van der Waals surface area contributed by atoms with E-state index in [0.29, 0.717) is 6.42 Å². The molecule has 0 aliphatic carbocycles. The second kappa shape index (κ2) is 5.99. The highest BCUT2D eigenvalue weighted by atomic mass is 16.7. The van der Waals surface area contributed by atoms with Crippen LogP contribution in [0, 0.1) is 5.41 Å². The van der Waals surface area contributed by atoms with Crippen LogP contribution >= 0.6 is 0 Å². The van der Waals surface area contributed by atoms with Crippen LogP contribution in [0.5, 0.6) is 11.5 Å². The summed E-state index contributed by atoms with van der Waals surface area (Å²) in [5.41, 5.74) is 2.18. The number of fused-ring (bicyclic) bond motifs is 1. The van der Waals surface area contributed by atoms with E-state index in [1.54, 1.807) is 6.20 Å². The number of hydrogen-bond acceptors (Lipinski definition) is 5. The number of hydrogen-bond donors (Lipinski definition) is 0. The lowest BCUT2D eigenvalue weighted by Gasteiger charge is -2.24. The number of nitrogens with zero attached hydrogens (tertiary/aromatic N) is 3. The molecule has 1 spiro atoms. The quantitative estimate of drug-likeness (QED) is 0.850. The molecule has 26 heavy (non-hydrogen) atoms. The van der Waals surface area contributed by atoms with Gasteiger partial charge in [-0.05, 0) is 36.7 Å². The predicted molar refractivity (Wildman–Crippen MR) is 96.1 cm³/mol. The van der Waals surface area contributed by atoms with Crippen molar-refractivity contribution in [2.24, 2.45) is 5.41 Å². The Balaban J connectivity index is 1.31. The van der Waals surface area contributed by atoms with Crippen molar-refractivity contribution in [2.45, 2.75) is 19.4 Å². The van der Waals surface area contributed by atoms with Crippen LogP contribution in [0.15, 0.2) is 42.7 Å². The number of carbonyl (C=O) groups excluding carboxylic acids is 1. The SMILES string of the molecule is O=C1C[C@@]2(CCN(Cc3cccnc3)C2)CN1c1ccc2c(c1)OCO2. The molecule has 1 aromatic carbocycles. The van der Waals surface area contributed by atoms with E-state index in [9.17, 15) is 4.79 Å². The van der Waals surface area contributed by atoms with Gasteiger partial charge in [0.2, 0.25) is 12.7 Å². The zero-order valence-electron chi connectivity index (χ0n) is 14.6. The minimum absolute atomic E-state index is 0.0513. The summed E-state index contributed by atoms with van der Waals surface area (Å²) >= 11 is 0. The largest absolute Gasteiger partial charge is 0.454 e. The lowest BCUT2D eigenvalue weighted by atomic mass is 9.86. The fraction of sp³-hybridized carbons (Fsp3) is 0.400. The summed E-state index contributed by atoms with van der Waals surface area (Å²) in [5, 5.41) is 0. The van der Waals surface area contributed by atoms with Gasteiger partial charge in [-0.15, -0.1) is 0 Å². The van der Waals surface area contributed by atoms with Crippen LogP contribution in [0.1, 0.15) is 18.4 Å². The number of pyridine rings is 1. The molecule has 1 atom stereocenters. The number of ether oxygens (including phenoxy) is 2. The second-order valence-electron chi connectivity index (χ2n) is 7.52. The highest BCUT2D eigenvalue weighted by Crippen LogP contribution is 2.44. The summed E-state index contributed by atoms with van der Waals surface area (Å²) in [6, 6.07) is 9.84. The molecule has 2 fully saturated rings. The molecule has 3 aliphatic rings. The van der Waals surface area contributed by atoms with Gasteiger partial charge in [0.1, 0.15) is 0 Å². The van der Waals surface area contributed by atoms with Gasteiger partial charge in [-0.2, -0.15) is 0 Å². The van der Waals surface area contributed by atoms with Crippen LogP contribution in [0.2, 0.25) is 0 Å². The smallest absolute Gasteiger partial charge is 0.231 e. The Morgan fingerprint density at radius 1 is 1.15 bits per heavy atom. The average molecular weight is 351 g/mol. The van der Waals surface area contributed by atoms with Crippen LogP contribution in [-0.4, -0.2) is 42.2 Å². The lowest BCUT2D eigenvalue weighted by molar-refractivity contribution is -0.117. The third-order valence-electron chi connectivity index (χ3n) is 5.63. The molecule has 0 unspecified atom stereocenters. The van der Waals surface area contributed by atoms with Crippen LogP contribution < -0.4 is 14.4 Å². The van der Waals surface area contributed by atoms with Crippen LogP contribution in [0.4, 0.5) is 5.69 Å². The van der Waals surface area contributed by atoms with Gasteiger partial charge in [0.15, 0.2) is 11.5 Å². The zero-order valence-corrected chi connectivity index (χ0v) is 14.6. The molecule has 1 aromatic heterocycles. The van der Waals surface area contributed by atoms with Gasteiger partial charge in [0, 0.05) is 55.6 Å². The van der Waals surface area contributed by atoms with Crippen molar-refractivity contribution in [1.82, 2.24) is 9.88 Å². The van der Waals surface area contributed by atoms with E-state index >= 15 is 0 Å². The molecule has 0 radical (unpaired) electrons. The van der Waals surface area contributed by atoms with E-state index in [1.807, 2.05) is 35.4 Å². The van der Waals surface area contributed by atoms with E-state index in [-0.39, 0.29) is 18.1 Å². The highest BCUT2D eigenvalue weighted by Gasteiger charge is 2.47. The maximum absolute atomic E-state index is 12.7. The third-order valence-corrected chi connectivity index (χ3v) is 5.63. The van der Waals surface area contributed by atoms with Crippen LogP contribution in [0.3, 0.4) is 0 Å². The highest BCUT2D eigenvalue weighted by molar-refractivity contribution is 5.96. The molecule has 6 heteroatoms. The number of likely N-dealkylation sites (tertiary alicyclic amines) is 1. The maximum Gasteiger partial charge on any atom is 0.231 e. The first-order valence-electron chi connectivity index (χ1n) is 9.02. The fourth-order valence-electron chi connectivity index (χ4n) is 4.37. The molecule has 0 N–H and O–H groups in total. The molecule has 0 bridgehead atoms. The molecular weight excluding hydrogens is 330 g/mol. The van der Waals surface area contributed by atoms with Crippen molar-refractivity contribution >= 4 is 11.6 Å². The molecule has 2 saturated heterocycles. The molecule has 0 saturated carbocycles. The van der Waals surface area contributed by atoms with Crippen molar-refractivity contribution in [3.05, 3.63) is 48.3 Å². The number of amides is 1. The summed E-state index contributed by atoms with van der Waals surface area (Å²) < 4.78 is 10.8. The standard InChI is InChI=1S/C20H21N3O3/c24-19-9-20(5-7-22(12-20)11-15-2-1-6-21-10-15)13-23(19)16-3-4-17-18(8-16)26-14-25-17/h1-4,6,8,10H,5,7,9,11-14H2/t20-/m1/s1. The number of benzene rings is 1. The van der Waals surface area contributed by atoms with Gasteiger partial charge in [-0.25, -0.2) is 0 Å². The number of aromatic nitrogens is 1. The third kappa shape index (κ3) is 2.70. The van der Waals surface area contributed by atoms with E-state index in [0.717, 1.165) is 49.8 Å². The van der Waals surface area contributed by atoms with Crippen molar-refractivity contribution in [1.29, 1.82) is 0 Å². The van der Waals surface area contributed by atoms with Crippen LogP contribution in [-0.2, 0) is 11.3 Å². The first-order chi connectivity index (χ1) is 12.7. The molecule has 134 valence electrons. The Hall–Kier alpha value is -2.60. The van der Waals surface area contributed by atoms with Crippen molar-refractivity contribution in [3.63, 3.8) is 0 Å². The summed E-state index contributed by atoms with van der Waals surface area (Å²) in [6.07, 6.45) is 5.39. The van der Waals surface area contributed by atoms with Crippen LogP contribution in [0.25, 0.3) is 0 Å². The normalized spacial score (nSPS) is 24.8. The Morgan fingerprint density at radius 2 is 2.08 bits per heavy atom. The lowest BCUT2D eigenvalue weighted by Crippen LogP contribution is -2.31. The Kier molecular flexibility index (Phi) is 3.60. The summed E-state index contributed by atoms with van der Waals surface area (Å²) in [6.45, 7) is 3.90. The molecule has 3 aliphatic heterocycles. The first kappa shape index (κ1) is 15.6. The summed E-state index contributed by atoms with van der Waals surface area (Å²) in [7, 11) is 0. The van der Waals surface area contributed by atoms with Crippen molar-refractivity contribution < 1.29 is 14.3 Å². The van der Waals surface area contributed by atoms with Gasteiger partial charge in [0.05, 0.1) is 0 Å². The summed E-state index contributed by atoms with van der Waals surface area (Å²) in [4.78, 5) is 21.3. The van der Waals surface area contributed by atoms with E-state index in [1.165, 1.54) is 5.56 Å². The summed E-state index contributed by atoms with van der Waals surface area (Å²) in [5.74, 6) is 1.67. The molecule has 2 aromatic rings. The molecule has 1 amide bonds. The predicted octanol–water partition coefficient (Wildman–Crippen LogP) is 2.44.